The number of benzene rings is 2. The number of nitrogens with zero attached hydrogens (tertiary/aromatic N) is 3. The van der Waals surface area contributed by atoms with Crippen LogP contribution in [0.5, 0.6) is 0 Å². The molecular weight excluding hydrogens is 2890 g/mol. The lowest BCUT2D eigenvalue weighted by molar-refractivity contribution is -0.140. The number of urea groups is 1. The van der Waals surface area contributed by atoms with Gasteiger partial charge in [-0.1, -0.05) is 47.5 Å². The van der Waals surface area contributed by atoms with E-state index in [0.29, 0.717) is 35.5 Å². The van der Waals surface area contributed by atoms with Crippen molar-refractivity contribution < 1.29 is 9.59 Å². The summed E-state index contributed by atoms with van der Waals surface area (Å²) in [5, 5.41) is 1.42. The summed E-state index contributed by atoms with van der Waals surface area (Å²) < 4.78 is 0. The second-order valence-corrected chi connectivity index (χ2v) is 145. The van der Waals surface area contributed by atoms with Crippen molar-refractivity contribution in [3.63, 3.8) is 0 Å². The minimum atomic E-state index is -0.371. The minimum absolute atomic E-state index is 0.0461. The normalized spacial score (nSPS) is 12.3. The van der Waals surface area contributed by atoms with E-state index in [1.165, 1.54) is 17.8 Å². The Balaban J connectivity index is 0.000000734. The molecule has 0 saturated carbocycles. The van der Waals surface area contributed by atoms with Crippen LogP contribution in [0.1, 0.15) is 50.3 Å². The number of likely N-dealkylation sites (tertiary alicyclic amines) is 1. The van der Waals surface area contributed by atoms with Crippen LogP contribution in [0.3, 0.4) is 0 Å². The Kier molecular flexibility index (Phi) is 99.3. The zero-order chi connectivity index (χ0) is 78.7. The third-order valence-corrected chi connectivity index (χ3v) is 170. The molecule has 6 nitrogen and oxygen atoms in total. The van der Waals surface area contributed by atoms with Gasteiger partial charge in [0.2, 0.25) is 5.91 Å². The van der Waals surface area contributed by atoms with Gasteiger partial charge in [0.1, 0.15) is 0 Å². The number of nitrogens with two attached hydrogens (primary N) is 1. The number of primary amides is 1. The summed E-state index contributed by atoms with van der Waals surface area (Å²) in [6, 6.07) is 15.9. The zero-order valence-corrected chi connectivity index (χ0v) is 114. The standard InChI is InChI=1S/C27H34Cl2N4O2.S75/c1-18-16-32(26(21-3-7-23(28)8-4-21)22-5-9-24(29)10-6-22)17-19(2)33(18)25(34)15-20-11-13-31(14-12-20)27(30)35;1-3-5-7-9-11-13-15-17-19-21-23-25-27-29-31-33-35-37-39-41-43-45-47-49-51-53-55-57-59-61-63-65-67-69-71-73-75-74-72-70-68-66-64-62-60-58-56-54-52-50-48-46-44-42-40-38-36-34-32-30-28-26-24-22-20-18-16-14-12-10-8-6-4-2/h3-10,18-20,26H,11-17H2,1-2H3,(H2,30,35);/t18-,19+;. The second kappa shape index (κ2) is 92.3. The molecule has 0 aromatic heterocycles. The van der Waals surface area contributed by atoms with Crippen LogP contribution < -0.4 is 5.73 Å². The first-order chi connectivity index (χ1) is 54.1. The average Bonchev–Trinajstić information content (AvgIpc) is 0.786. The molecule has 0 radical (unpaired) electrons. The predicted octanol–water partition coefficient (Wildman–Crippen LogP) is 5.00. The molecular formula is C27H34Cl2N4O2S75. The largest absolute Gasteiger partial charge is 0.351 e. The molecule has 2 heterocycles. The molecule has 2 aromatic carbocycles. The molecule has 0 unspecified atom stereocenters. The highest BCUT2D eigenvalue weighted by molar-refractivity contribution is 8.85. The predicted molar refractivity (Wildman–Crippen MR) is 693 cm³/mol. The van der Waals surface area contributed by atoms with E-state index in [-0.39, 0.29) is 30.1 Å². The van der Waals surface area contributed by atoms with Crippen molar-refractivity contribution in [3.8, 4) is 0 Å². The Labute approximate surface area is 865 Å². The number of rotatable bonds is 5. The van der Waals surface area contributed by atoms with E-state index >= 15 is 0 Å². The van der Waals surface area contributed by atoms with Crippen molar-refractivity contribution in [2.75, 3.05) is 26.2 Å². The van der Waals surface area contributed by atoms with E-state index in [2.05, 4.69) is 47.9 Å². The smallest absolute Gasteiger partial charge is 0.314 e. The number of piperidine rings is 1. The maximum Gasteiger partial charge on any atom is 0.314 e. The number of hydrogen-bond donors (Lipinski definition) is 1. The molecule has 2 atom stereocenters. The summed E-state index contributed by atoms with van der Waals surface area (Å²) >= 11 is 22.0. The molecule has 2 aromatic rings. The van der Waals surface area contributed by atoms with Crippen molar-refractivity contribution in [1.82, 2.24) is 14.7 Å². The lowest BCUT2D eigenvalue weighted by Crippen LogP contribution is -2.59. The summed E-state index contributed by atoms with van der Waals surface area (Å²) in [5.74, 6) is 0.503. The SMILES string of the molecule is C[C@@H]1CN(C(c2ccc(Cl)cc2)c2ccc(Cl)cc2)C[C@H](C)N1C(=O)CC1CCN(C(N)=O)CC1.S=S=S=S=S=S=S=S=S=S=S=S=S=S=S=S=S=S=S=S=S=S=S=S=S=S=S=S=S=S=S=S=S=S=S=S=S=S=S=S=S=S=S=S=S=S=S=S=S=S=S=S=S=S=S=S=S=S=S=S=S=S=S=S=S=S=S=S=S=S=S=S=S=S=S. The van der Waals surface area contributed by atoms with Gasteiger partial charge in [-0.15, -0.1) is 0 Å². The molecule has 110 heavy (non-hydrogen) atoms. The van der Waals surface area contributed by atoms with Gasteiger partial charge in [-0.25, -0.2) is 4.79 Å². The van der Waals surface area contributed by atoms with Crippen molar-refractivity contribution in [2.24, 2.45) is 11.7 Å². The second-order valence-electron chi connectivity index (χ2n) is 14.9. The van der Waals surface area contributed by atoms with Gasteiger partial charge in [0.05, 0.1) is 6.04 Å². The Hall–Kier alpha value is 14.2. The fraction of sp³-hybridized carbons (Fsp3) is 0.481. The Bertz CT molecular complexity index is 6970. The molecule has 2 aliphatic rings. The maximum absolute atomic E-state index is 13.4. The number of amides is 3. The van der Waals surface area contributed by atoms with Crippen LogP contribution in [0.4, 0.5) is 4.79 Å². The summed E-state index contributed by atoms with van der Waals surface area (Å²) in [6.07, 6.45) is 2.18. The molecule has 3 amide bonds. The molecule has 2 saturated heterocycles. The van der Waals surface area contributed by atoms with Crippen LogP contribution in [0.2, 0.25) is 10.0 Å². The summed E-state index contributed by atoms with van der Waals surface area (Å²) in [6.45, 7) is 7.08. The van der Waals surface area contributed by atoms with Gasteiger partial charge in [0.15, 0.2) is 0 Å². The Morgan fingerprint density at radius 1 is 0.327 bits per heavy atom. The van der Waals surface area contributed by atoms with Gasteiger partial charge < -0.3 is 15.5 Å². The van der Waals surface area contributed by atoms with Crippen molar-refractivity contribution in [1.29, 1.82) is 0 Å². The monoisotopic (exact) mass is 2910 g/mol. The first-order valence-corrected chi connectivity index (χ1v) is 124. The summed E-state index contributed by atoms with van der Waals surface area (Å²) in [5.41, 5.74) is 7.73. The van der Waals surface area contributed by atoms with Gasteiger partial charge >= 0.3 is 6.03 Å². The van der Waals surface area contributed by atoms with E-state index in [4.69, 9.17) is 51.3 Å². The van der Waals surface area contributed by atoms with Gasteiger partial charge in [-0.2, -0.15) is 0 Å². The maximum atomic E-state index is 13.4. The highest BCUT2D eigenvalue weighted by Crippen LogP contribution is 2.34. The molecule has 0 bridgehead atoms. The van der Waals surface area contributed by atoms with Crippen molar-refractivity contribution in [3.05, 3.63) is 69.7 Å². The van der Waals surface area contributed by atoms with Crippen LogP contribution in [-0.2, 0) is 675 Å². The molecule has 4 rings (SSSR count). The van der Waals surface area contributed by atoms with Crippen LogP contribution in [-0.4, -0.2) is 64.9 Å². The quantitative estimate of drug-likeness (QED) is 0.457. The molecule has 0 aliphatic carbocycles. The number of halogens is 2. The molecule has 638 valence electrons. The van der Waals surface area contributed by atoms with Crippen molar-refractivity contribution in [2.45, 2.75) is 51.2 Å². The fourth-order valence-electron chi connectivity index (χ4n) is 6.49. The topological polar surface area (TPSA) is 69.9 Å². The van der Waals surface area contributed by atoms with E-state index in [1.807, 2.05) is 548 Å². The molecule has 2 aliphatic heterocycles. The van der Waals surface area contributed by atoms with E-state index in [1.54, 1.807) is 111 Å². The highest BCUT2D eigenvalue weighted by Gasteiger charge is 2.37. The molecule has 2 fully saturated rings. The van der Waals surface area contributed by atoms with E-state index in [9.17, 15) is 9.59 Å². The van der Waals surface area contributed by atoms with E-state index in [0.717, 1.165) is 37.1 Å². The lowest BCUT2D eigenvalue weighted by atomic mass is 9.91. The third-order valence-electron chi connectivity index (χ3n) is 9.36. The van der Waals surface area contributed by atoms with Crippen LogP contribution in [0, 0.1) is 5.92 Å². The lowest BCUT2D eigenvalue weighted by Gasteiger charge is -2.48. The molecule has 2 N–H and O–H groups in total. The van der Waals surface area contributed by atoms with Gasteiger partial charge in [-0.05, 0) is 68.0 Å². The first-order valence-electron chi connectivity index (χ1n) is 24.7. The van der Waals surface area contributed by atoms with Gasteiger partial charge in [0, 0.05) is 725 Å². The Morgan fingerprint density at radius 3 is 0.664 bits per heavy atom. The van der Waals surface area contributed by atoms with E-state index < -0.39 is 0 Å². The molecule has 83 heteroatoms. The minimum Gasteiger partial charge on any atom is -0.351 e. The number of carbonyl (C=O) groups is 2. The van der Waals surface area contributed by atoms with Gasteiger partial charge in [-0.3, -0.25) is 9.69 Å². The van der Waals surface area contributed by atoms with Crippen LogP contribution >= 0.6 is 23.2 Å². The summed E-state index contributed by atoms with van der Waals surface area (Å²) in [4.78, 5) is 31.0. The Morgan fingerprint density at radius 2 is 0.500 bits per heavy atom. The first kappa shape index (κ1) is 118. The van der Waals surface area contributed by atoms with Crippen molar-refractivity contribution >= 4 is 706 Å². The van der Waals surface area contributed by atoms with Crippen LogP contribution in [0.15, 0.2) is 48.5 Å². The fourth-order valence-corrected chi connectivity index (χ4v) is 202. The average molecular weight is 2920 g/mol. The molecule has 0 spiro atoms. The number of hydrogen-bond acceptors (Lipinski definition) is 5. The number of piperazine rings is 1. The summed E-state index contributed by atoms with van der Waals surface area (Å²) in [7, 11) is 132. The number of carbonyl (C=O) groups excluding carboxylic acids is 2. The van der Waals surface area contributed by atoms with Gasteiger partial charge in [0.25, 0.3) is 0 Å². The third kappa shape index (κ3) is 73.6. The highest BCUT2D eigenvalue weighted by atomic mass is 35.5. The van der Waals surface area contributed by atoms with Crippen LogP contribution in [0.25, 0.3) is 0 Å². The zero-order valence-electron chi connectivity index (χ0n) is 51.0.